The molecule has 0 radical (unpaired) electrons. The molecule has 0 unspecified atom stereocenters. The van der Waals surface area contributed by atoms with Crippen molar-refractivity contribution in [1.82, 2.24) is 10.5 Å². The van der Waals surface area contributed by atoms with Gasteiger partial charge in [0.05, 0.1) is 7.11 Å². The molecule has 1 N–H and O–H groups in total. The van der Waals surface area contributed by atoms with Crippen molar-refractivity contribution in [3.63, 3.8) is 0 Å². The maximum absolute atomic E-state index is 12.2. The summed E-state index contributed by atoms with van der Waals surface area (Å²) in [6.07, 6.45) is 0.659. The van der Waals surface area contributed by atoms with Gasteiger partial charge in [0.25, 0.3) is 5.88 Å². The Morgan fingerprint density at radius 3 is 2.78 bits per heavy atom. The molecule has 0 aliphatic rings. The normalized spacial score (nSPS) is 11.1. The Hall–Kier alpha value is -3.09. The molecule has 0 atom stereocenters. The fourth-order valence-electron chi connectivity index (χ4n) is 2.78. The van der Waals surface area contributed by atoms with Crippen molar-refractivity contribution in [1.29, 1.82) is 0 Å². The lowest BCUT2D eigenvalue weighted by molar-refractivity contribution is -0.121. The highest BCUT2D eigenvalue weighted by Crippen LogP contribution is 2.23. The molecule has 27 heavy (non-hydrogen) atoms. The van der Waals surface area contributed by atoms with E-state index < -0.39 is 5.63 Å². The SMILES string of the molecule is COc1cc(CCC(=O)NCc2cc(=O)oc3ccc(C(C)C)cc23)on1. The molecule has 0 bridgehead atoms. The van der Waals surface area contributed by atoms with Gasteiger partial charge in [0.2, 0.25) is 5.91 Å². The Bertz CT molecular complexity index is 1000. The Labute approximate surface area is 156 Å². The van der Waals surface area contributed by atoms with Crippen LogP contribution in [0, 0.1) is 0 Å². The molecule has 0 saturated heterocycles. The van der Waals surface area contributed by atoms with Gasteiger partial charge in [-0.25, -0.2) is 4.79 Å². The van der Waals surface area contributed by atoms with Gasteiger partial charge in [-0.2, -0.15) is 0 Å². The first kappa shape index (κ1) is 18.7. The summed E-state index contributed by atoms with van der Waals surface area (Å²) in [7, 11) is 1.50. The van der Waals surface area contributed by atoms with Crippen LogP contribution in [-0.4, -0.2) is 18.2 Å². The van der Waals surface area contributed by atoms with E-state index in [2.05, 4.69) is 24.3 Å². The summed E-state index contributed by atoms with van der Waals surface area (Å²) in [4.78, 5) is 24.0. The van der Waals surface area contributed by atoms with Gasteiger partial charge in [0, 0.05) is 36.9 Å². The number of carbonyl (C=O) groups is 1. The lowest BCUT2D eigenvalue weighted by Crippen LogP contribution is -2.23. The van der Waals surface area contributed by atoms with Crippen molar-refractivity contribution in [2.24, 2.45) is 0 Å². The third kappa shape index (κ3) is 4.55. The van der Waals surface area contributed by atoms with Crippen LogP contribution < -0.4 is 15.7 Å². The van der Waals surface area contributed by atoms with Crippen molar-refractivity contribution < 1.29 is 18.5 Å². The lowest BCUT2D eigenvalue weighted by atomic mass is 9.99. The highest BCUT2D eigenvalue weighted by Gasteiger charge is 2.11. The molecule has 2 aromatic heterocycles. The van der Waals surface area contributed by atoms with Crippen molar-refractivity contribution >= 4 is 16.9 Å². The fourth-order valence-corrected chi connectivity index (χ4v) is 2.78. The van der Waals surface area contributed by atoms with Gasteiger partial charge in [-0.3, -0.25) is 4.79 Å². The summed E-state index contributed by atoms with van der Waals surface area (Å²) < 4.78 is 15.3. The average Bonchev–Trinajstić information content (AvgIpc) is 3.12. The molecule has 3 rings (SSSR count). The molecule has 0 saturated carbocycles. The Morgan fingerprint density at radius 2 is 2.07 bits per heavy atom. The number of nitrogens with one attached hydrogen (secondary N) is 1. The molecule has 142 valence electrons. The number of benzene rings is 1. The van der Waals surface area contributed by atoms with Crippen LogP contribution >= 0.6 is 0 Å². The first-order chi connectivity index (χ1) is 13.0. The van der Waals surface area contributed by atoms with E-state index in [1.807, 2.05) is 12.1 Å². The Morgan fingerprint density at radius 1 is 1.26 bits per heavy atom. The molecule has 7 heteroatoms. The van der Waals surface area contributed by atoms with Crippen molar-refractivity contribution in [3.05, 3.63) is 57.6 Å². The first-order valence-corrected chi connectivity index (χ1v) is 8.79. The second-order valence-electron chi connectivity index (χ2n) is 6.61. The standard InChI is InChI=1S/C20H22N2O5/c1-12(2)13-4-6-17-16(8-13)14(9-20(24)26-17)11-21-18(23)7-5-15-10-19(25-3)22-27-15/h4,6,8-10,12H,5,7,11H2,1-3H3,(H,21,23). The zero-order valence-corrected chi connectivity index (χ0v) is 15.6. The molecule has 0 fully saturated rings. The number of ether oxygens (including phenoxy) is 1. The monoisotopic (exact) mass is 370 g/mol. The zero-order valence-electron chi connectivity index (χ0n) is 15.6. The smallest absolute Gasteiger partial charge is 0.336 e. The third-order valence-corrected chi connectivity index (χ3v) is 4.34. The molecule has 1 amide bonds. The number of rotatable bonds is 7. The zero-order chi connectivity index (χ0) is 19.4. The molecule has 0 aliphatic carbocycles. The topological polar surface area (TPSA) is 94.6 Å². The van der Waals surface area contributed by atoms with Gasteiger partial charge in [-0.15, -0.1) is 0 Å². The largest absolute Gasteiger partial charge is 0.479 e. The van der Waals surface area contributed by atoms with E-state index in [9.17, 15) is 9.59 Å². The molecular formula is C20H22N2O5. The van der Waals surface area contributed by atoms with E-state index >= 15 is 0 Å². The van der Waals surface area contributed by atoms with Crippen LogP contribution in [0.15, 0.2) is 44.1 Å². The second kappa shape index (κ2) is 8.07. The maximum Gasteiger partial charge on any atom is 0.336 e. The van der Waals surface area contributed by atoms with Crippen molar-refractivity contribution in [2.45, 2.75) is 39.2 Å². The Kier molecular flexibility index (Phi) is 5.59. The highest BCUT2D eigenvalue weighted by molar-refractivity contribution is 5.82. The van der Waals surface area contributed by atoms with Gasteiger partial charge in [0.1, 0.15) is 11.3 Å². The molecular weight excluding hydrogens is 348 g/mol. The molecule has 0 aliphatic heterocycles. The second-order valence-corrected chi connectivity index (χ2v) is 6.61. The number of methoxy groups -OCH3 is 1. The summed E-state index contributed by atoms with van der Waals surface area (Å²) in [5.74, 6) is 1.16. The van der Waals surface area contributed by atoms with Crippen molar-refractivity contribution in [2.75, 3.05) is 7.11 Å². The number of amides is 1. The van der Waals surface area contributed by atoms with Crippen LogP contribution in [0.25, 0.3) is 11.0 Å². The van der Waals surface area contributed by atoms with Gasteiger partial charge >= 0.3 is 5.63 Å². The van der Waals surface area contributed by atoms with Gasteiger partial charge in [-0.05, 0) is 34.3 Å². The number of aromatic nitrogens is 1. The minimum Gasteiger partial charge on any atom is -0.479 e. The summed E-state index contributed by atoms with van der Waals surface area (Å²) in [6.45, 7) is 4.45. The number of aryl methyl sites for hydroxylation is 1. The quantitative estimate of drug-likeness (QED) is 0.642. The summed E-state index contributed by atoms with van der Waals surface area (Å²) >= 11 is 0. The van der Waals surface area contributed by atoms with Crippen LogP contribution in [-0.2, 0) is 17.8 Å². The molecule has 1 aromatic carbocycles. The van der Waals surface area contributed by atoms with E-state index in [1.165, 1.54) is 13.2 Å². The molecule has 3 aromatic rings. The minimum absolute atomic E-state index is 0.147. The van der Waals surface area contributed by atoms with Gasteiger partial charge in [0.15, 0.2) is 0 Å². The summed E-state index contributed by atoms with van der Waals surface area (Å²) in [6, 6.07) is 8.83. The van der Waals surface area contributed by atoms with Crippen LogP contribution in [0.4, 0.5) is 0 Å². The van der Waals surface area contributed by atoms with E-state index in [0.29, 0.717) is 29.6 Å². The minimum atomic E-state index is -0.433. The van der Waals surface area contributed by atoms with Crippen LogP contribution in [0.5, 0.6) is 5.88 Å². The summed E-state index contributed by atoms with van der Waals surface area (Å²) in [5, 5.41) is 7.38. The third-order valence-electron chi connectivity index (χ3n) is 4.34. The first-order valence-electron chi connectivity index (χ1n) is 8.79. The van der Waals surface area contributed by atoms with Crippen LogP contribution in [0.2, 0.25) is 0 Å². The van der Waals surface area contributed by atoms with Gasteiger partial charge in [-0.1, -0.05) is 19.9 Å². The number of hydrogen-bond acceptors (Lipinski definition) is 6. The highest BCUT2D eigenvalue weighted by atomic mass is 16.5. The van der Waals surface area contributed by atoms with E-state index in [-0.39, 0.29) is 18.9 Å². The number of fused-ring (bicyclic) bond motifs is 1. The van der Waals surface area contributed by atoms with Gasteiger partial charge < -0.3 is 19.0 Å². The molecule has 2 heterocycles. The number of carbonyl (C=O) groups excluding carboxylic acids is 1. The summed E-state index contributed by atoms with van der Waals surface area (Å²) in [5.41, 5.74) is 1.96. The number of nitrogens with zero attached hydrogens (tertiary/aromatic N) is 1. The molecule has 0 spiro atoms. The lowest BCUT2D eigenvalue weighted by Gasteiger charge is -2.10. The fraction of sp³-hybridized carbons (Fsp3) is 0.350. The maximum atomic E-state index is 12.2. The van der Waals surface area contributed by atoms with Crippen LogP contribution in [0.3, 0.4) is 0 Å². The van der Waals surface area contributed by atoms with E-state index in [0.717, 1.165) is 16.5 Å². The Balaban J connectivity index is 1.69. The van der Waals surface area contributed by atoms with E-state index in [4.69, 9.17) is 13.7 Å². The predicted molar refractivity (Wildman–Crippen MR) is 99.8 cm³/mol. The van der Waals surface area contributed by atoms with Crippen molar-refractivity contribution in [3.8, 4) is 5.88 Å². The number of hydrogen-bond donors (Lipinski definition) is 1. The predicted octanol–water partition coefficient (Wildman–Crippen LogP) is 3.16. The van der Waals surface area contributed by atoms with E-state index in [1.54, 1.807) is 12.1 Å². The molecule has 7 nitrogen and oxygen atoms in total. The average molecular weight is 370 g/mol. The van der Waals surface area contributed by atoms with Crippen LogP contribution in [0.1, 0.15) is 43.1 Å².